The van der Waals surface area contributed by atoms with Gasteiger partial charge in [0, 0.05) is 18.3 Å². The van der Waals surface area contributed by atoms with E-state index in [9.17, 15) is 55.9 Å². The number of pyridine rings is 1. The number of aromatic hydroxyl groups is 1. The lowest BCUT2D eigenvalue weighted by Crippen LogP contribution is -2.66. The lowest BCUT2D eigenvalue weighted by Gasteiger charge is -2.38. The summed E-state index contributed by atoms with van der Waals surface area (Å²) in [6.45, 7) is 1.25. The van der Waals surface area contributed by atoms with Gasteiger partial charge in [-0.1, -0.05) is 11.8 Å². The SMILES string of the molecule is CN1CCC(NC(=O)OCC#Cc2ccc(OCc3cnc(SC4(O)C(O)(O)C(O)(O)C(O)(O)C4(O)O)n3-c3cccnc3)cc2O)CC1. The molecular weight excluding hydrogens is 670 g/mol. The van der Waals surface area contributed by atoms with E-state index in [1.54, 1.807) is 0 Å². The van der Waals surface area contributed by atoms with Crippen LogP contribution in [0.2, 0.25) is 0 Å². The van der Waals surface area contributed by atoms with Crippen LogP contribution in [0.15, 0.2) is 54.1 Å². The van der Waals surface area contributed by atoms with Gasteiger partial charge in [-0.3, -0.25) is 9.55 Å². The number of phenolic OH excluding ortho intramolecular Hbond substituents is 1. The number of imidazole rings is 1. The maximum atomic E-state index is 12.0. The summed E-state index contributed by atoms with van der Waals surface area (Å²) in [6.07, 6.45) is 4.99. The highest BCUT2D eigenvalue weighted by Gasteiger charge is 2.91. The van der Waals surface area contributed by atoms with Crippen LogP contribution in [0, 0.1) is 11.8 Å². The summed E-state index contributed by atoms with van der Waals surface area (Å²) < 4.78 is 12.1. The van der Waals surface area contributed by atoms with Crippen molar-refractivity contribution in [1.29, 1.82) is 0 Å². The van der Waals surface area contributed by atoms with Crippen LogP contribution in [-0.4, -0.2) is 137 Å². The lowest BCUT2D eigenvalue weighted by molar-refractivity contribution is -0.452. The molecule has 1 saturated carbocycles. The molecule has 0 unspecified atom stereocenters. The van der Waals surface area contributed by atoms with E-state index in [-0.39, 0.29) is 59.5 Å². The van der Waals surface area contributed by atoms with Gasteiger partial charge in [0.05, 0.1) is 29.3 Å². The number of nitrogens with one attached hydrogen (secondary N) is 1. The summed E-state index contributed by atoms with van der Waals surface area (Å²) in [5.41, 5.74) is 0.619. The Bertz CT molecular complexity index is 1700. The molecular formula is C30H35N5O13S. The normalized spacial score (nSPS) is 20.6. The lowest BCUT2D eigenvalue weighted by atomic mass is 10.1. The van der Waals surface area contributed by atoms with Crippen molar-refractivity contribution in [2.45, 2.75) is 58.7 Å². The Morgan fingerprint density at radius 1 is 1.00 bits per heavy atom. The maximum absolute atomic E-state index is 12.0. The summed E-state index contributed by atoms with van der Waals surface area (Å²) in [4.78, 5) is 18.3. The quantitative estimate of drug-likeness (QED) is 0.0836. The Morgan fingerprint density at radius 2 is 1.67 bits per heavy atom. The predicted molar refractivity (Wildman–Crippen MR) is 165 cm³/mol. The average Bonchev–Trinajstić information content (AvgIpc) is 3.47. The third-order valence-corrected chi connectivity index (χ3v) is 9.58. The molecule has 264 valence electrons. The molecule has 0 radical (unpaired) electrons. The first kappa shape index (κ1) is 36.2. The Kier molecular flexibility index (Phi) is 9.87. The molecule has 3 aromatic rings. The Hall–Kier alpha value is -4.04. The standard InChI is InChI=1S/C30H35N5O13S/c1-34-11-8-19(9-12-34)33-25(37)47-13-3-4-18-6-7-22(14-23(18)36)48-17-21-16-32-24(35(21)20-5-2-10-31-15-20)49-30(46)28(42,43)26(38,39)27(40,41)29(30,44)45/h2,5-7,10,14-16,19,36,38-46H,8-9,11-13,17H2,1H3,(H,33,37). The number of hydrogen-bond donors (Lipinski definition) is 11. The number of thioether (sulfide) groups is 1. The molecule has 1 aromatic carbocycles. The number of aliphatic hydroxyl groups is 9. The number of aromatic nitrogens is 3. The van der Waals surface area contributed by atoms with Gasteiger partial charge in [0.2, 0.25) is 4.93 Å². The number of carbonyl (C=O) groups is 1. The second-order valence-electron chi connectivity index (χ2n) is 11.6. The third kappa shape index (κ3) is 6.40. The summed E-state index contributed by atoms with van der Waals surface area (Å²) >= 11 is -0.248. The number of rotatable bonds is 8. The van der Waals surface area contributed by atoms with E-state index in [0.717, 1.165) is 25.9 Å². The molecule has 2 aromatic heterocycles. The number of piperidine rings is 1. The van der Waals surface area contributed by atoms with Gasteiger partial charge in [-0.15, -0.1) is 0 Å². The minimum Gasteiger partial charge on any atom is -0.507 e. The van der Waals surface area contributed by atoms with Crippen molar-refractivity contribution >= 4 is 17.9 Å². The molecule has 49 heavy (non-hydrogen) atoms. The number of amides is 1. The number of nitrogens with zero attached hydrogens (tertiary/aromatic N) is 4. The molecule has 19 heteroatoms. The van der Waals surface area contributed by atoms with Gasteiger partial charge in [-0.25, -0.2) is 9.78 Å². The van der Waals surface area contributed by atoms with Crippen LogP contribution in [0.5, 0.6) is 11.5 Å². The van der Waals surface area contributed by atoms with Crippen LogP contribution in [-0.2, 0) is 11.3 Å². The zero-order chi connectivity index (χ0) is 35.8. The van der Waals surface area contributed by atoms with Gasteiger partial charge in [0.1, 0.15) is 18.1 Å². The molecule has 2 aliphatic rings. The molecule has 1 aliphatic carbocycles. The van der Waals surface area contributed by atoms with Crippen molar-refractivity contribution < 1.29 is 65.3 Å². The molecule has 1 aliphatic heterocycles. The monoisotopic (exact) mass is 705 g/mol. The molecule has 2 fully saturated rings. The zero-order valence-corrected chi connectivity index (χ0v) is 26.6. The Labute approximate surface area is 282 Å². The van der Waals surface area contributed by atoms with Gasteiger partial charge >= 0.3 is 6.09 Å². The fourth-order valence-corrected chi connectivity index (χ4v) is 6.49. The first-order valence-corrected chi connectivity index (χ1v) is 15.5. The van der Waals surface area contributed by atoms with Crippen LogP contribution >= 0.6 is 11.8 Å². The number of phenols is 1. The number of hydrogen-bond acceptors (Lipinski definition) is 17. The fourth-order valence-electron chi connectivity index (χ4n) is 5.24. The van der Waals surface area contributed by atoms with E-state index < -0.39 is 39.3 Å². The van der Waals surface area contributed by atoms with Gasteiger partial charge in [-0.2, -0.15) is 0 Å². The van der Waals surface area contributed by atoms with E-state index >= 15 is 0 Å². The minimum atomic E-state index is -4.48. The molecule has 11 N–H and O–H groups in total. The fraction of sp³-hybridized carbons (Fsp3) is 0.433. The Balaban J connectivity index is 1.29. The zero-order valence-electron chi connectivity index (χ0n) is 25.8. The number of benzene rings is 1. The summed E-state index contributed by atoms with van der Waals surface area (Å²) in [7, 11) is 2.01. The highest BCUT2D eigenvalue weighted by molar-refractivity contribution is 8.00. The summed E-state index contributed by atoms with van der Waals surface area (Å²) in [6, 6.07) is 7.26. The van der Waals surface area contributed by atoms with E-state index in [1.807, 2.05) is 7.05 Å². The largest absolute Gasteiger partial charge is 0.507 e. The molecule has 3 heterocycles. The highest BCUT2D eigenvalue weighted by atomic mass is 32.2. The van der Waals surface area contributed by atoms with Gasteiger partial charge in [0.25, 0.3) is 23.1 Å². The van der Waals surface area contributed by atoms with Crippen LogP contribution in [0.25, 0.3) is 5.69 Å². The second kappa shape index (κ2) is 13.3. The van der Waals surface area contributed by atoms with E-state index in [0.29, 0.717) is 0 Å². The van der Waals surface area contributed by atoms with Crippen molar-refractivity contribution in [3.05, 3.63) is 60.2 Å². The topological polar surface area (TPSA) is 284 Å². The van der Waals surface area contributed by atoms with E-state index in [2.05, 4.69) is 32.0 Å². The predicted octanol–water partition coefficient (Wildman–Crippen LogP) is -2.76. The molecule has 1 saturated heterocycles. The van der Waals surface area contributed by atoms with Gasteiger partial charge in [0.15, 0.2) is 11.8 Å². The third-order valence-electron chi connectivity index (χ3n) is 8.24. The maximum Gasteiger partial charge on any atom is 0.408 e. The summed E-state index contributed by atoms with van der Waals surface area (Å²) in [5, 5.41) is 106. The second-order valence-corrected chi connectivity index (χ2v) is 12.7. The van der Waals surface area contributed by atoms with Crippen molar-refractivity contribution in [3.8, 4) is 29.0 Å². The molecule has 0 spiro atoms. The first-order chi connectivity index (χ1) is 22.9. The number of ether oxygens (including phenoxy) is 2. The van der Waals surface area contributed by atoms with Crippen molar-refractivity contribution in [1.82, 2.24) is 24.8 Å². The Morgan fingerprint density at radius 3 is 2.29 bits per heavy atom. The molecule has 1 amide bonds. The van der Waals surface area contributed by atoms with E-state index in [1.165, 1.54) is 53.5 Å². The van der Waals surface area contributed by atoms with Crippen molar-refractivity contribution in [2.75, 3.05) is 26.7 Å². The smallest absolute Gasteiger partial charge is 0.408 e. The molecule has 18 nitrogen and oxygen atoms in total. The van der Waals surface area contributed by atoms with Crippen LogP contribution in [0.4, 0.5) is 4.79 Å². The summed E-state index contributed by atoms with van der Waals surface area (Å²) in [5.74, 6) is -12.4. The van der Waals surface area contributed by atoms with Gasteiger partial charge in [-0.05, 0) is 69.0 Å². The van der Waals surface area contributed by atoms with Gasteiger partial charge < -0.3 is 70.8 Å². The van der Waals surface area contributed by atoms with Crippen molar-refractivity contribution in [3.63, 3.8) is 0 Å². The number of carbonyl (C=O) groups excluding carboxylic acids is 1. The number of alkyl carbamates (subject to hydrolysis) is 1. The molecule has 0 bridgehead atoms. The minimum absolute atomic E-state index is 0.0342. The van der Waals surface area contributed by atoms with Crippen LogP contribution in [0.1, 0.15) is 24.1 Å². The van der Waals surface area contributed by atoms with E-state index in [4.69, 9.17) is 9.47 Å². The average molecular weight is 706 g/mol. The first-order valence-electron chi connectivity index (χ1n) is 14.7. The van der Waals surface area contributed by atoms with Crippen LogP contribution in [0.3, 0.4) is 0 Å². The molecule has 5 rings (SSSR count). The molecule has 0 atom stereocenters. The highest BCUT2D eigenvalue weighted by Crippen LogP contribution is 2.59. The van der Waals surface area contributed by atoms with Crippen LogP contribution < -0.4 is 10.1 Å². The van der Waals surface area contributed by atoms with Crippen molar-refractivity contribution in [2.24, 2.45) is 0 Å². The number of likely N-dealkylation sites (tertiary alicyclic amines) is 1.